The van der Waals surface area contributed by atoms with E-state index >= 15 is 0 Å². The van der Waals surface area contributed by atoms with Crippen molar-refractivity contribution in [1.82, 2.24) is 5.32 Å². The molecule has 0 aromatic heterocycles. The van der Waals surface area contributed by atoms with Gasteiger partial charge in [-0.2, -0.15) is 0 Å². The fourth-order valence-corrected chi connectivity index (χ4v) is 2.69. The Bertz CT molecular complexity index is 507. The zero-order valence-corrected chi connectivity index (χ0v) is 14.3. The highest BCUT2D eigenvalue weighted by molar-refractivity contribution is 14.1. The Labute approximate surface area is 135 Å². The Hall–Kier alpha value is -0.870. The quantitative estimate of drug-likeness (QED) is 0.686. The third kappa shape index (κ3) is 4.60. The molecule has 1 nitrogen and oxygen atoms in total. The van der Waals surface area contributed by atoms with E-state index in [9.17, 15) is 0 Å². The highest BCUT2D eigenvalue weighted by Gasteiger charge is 2.07. The van der Waals surface area contributed by atoms with Gasteiger partial charge in [0.25, 0.3) is 0 Å². The zero-order valence-electron chi connectivity index (χ0n) is 12.1. The van der Waals surface area contributed by atoms with Crippen LogP contribution in [0, 0.1) is 3.57 Å². The summed E-state index contributed by atoms with van der Waals surface area (Å²) in [6, 6.07) is 19.9. The second-order valence-electron chi connectivity index (χ2n) is 5.33. The molecule has 20 heavy (non-hydrogen) atoms. The highest BCUT2D eigenvalue weighted by atomic mass is 127. The van der Waals surface area contributed by atoms with Gasteiger partial charge in [-0.15, -0.1) is 0 Å². The molecule has 2 atom stereocenters. The van der Waals surface area contributed by atoms with Crippen molar-refractivity contribution in [2.45, 2.75) is 32.2 Å². The molecule has 0 aliphatic carbocycles. The fourth-order valence-electron chi connectivity index (χ4n) is 2.33. The van der Waals surface area contributed by atoms with Crippen LogP contribution >= 0.6 is 22.6 Å². The van der Waals surface area contributed by atoms with Crippen LogP contribution in [0.5, 0.6) is 0 Å². The average molecular weight is 379 g/mol. The van der Waals surface area contributed by atoms with Crippen molar-refractivity contribution in [2.75, 3.05) is 6.54 Å². The van der Waals surface area contributed by atoms with Crippen LogP contribution in [0.15, 0.2) is 54.6 Å². The number of rotatable bonds is 6. The largest absolute Gasteiger partial charge is 0.310 e. The van der Waals surface area contributed by atoms with Gasteiger partial charge in [0.1, 0.15) is 0 Å². The number of hydrogen-bond donors (Lipinski definition) is 1. The van der Waals surface area contributed by atoms with E-state index in [1.165, 1.54) is 21.1 Å². The van der Waals surface area contributed by atoms with Crippen molar-refractivity contribution >= 4 is 22.6 Å². The van der Waals surface area contributed by atoms with Gasteiger partial charge in [-0.25, -0.2) is 0 Å². The van der Waals surface area contributed by atoms with Crippen molar-refractivity contribution in [3.8, 4) is 0 Å². The Morgan fingerprint density at radius 3 is 2.20 bits per heavy atom. The van der Waals surface area contributed by atoms with Crippen LogP contribution in [0.4, 0.5) is 0 Å². The smallest absolute Gasteiger partial charge is 0.0291 e. The summed E-state index contributed by atoms with van der Waals surface area (Å²) in [6.45, 7) is 5.57. The lowest BCUT2D eigenvalue weighted by molar-refractivity contribution is 0.531. The molecule has 2 aromatic rings. The zero-order chi connectivity index (χ0) is 14.4. The first kappa shape index (κ1) is 15.5. The molecule has 2 unspecified atom stereocenters. The molecule has 0 aliphatic rings. The molecule has 0 saturated carbocycles. The summed E-state index contributed by atoms with van der Waals surface area (Å²) in [6.07, 6.45) is 1.17. The SMILES string of the molecule is CC(CCNC(C)c1ccc(I)cc1)c1ccccc1. The Balaban J connectivity index is 1.79. The Morgan fingerprint density at radius 2 is 1.55 bits per heavy atom. The van der Waals surface area contributed by atoms with Crippen LogP contribution in [-0.4, -0.2) is 6.54 Å². The molecule has 0 radical (unpaired) electrons. The lowest BCUT2D eigenvalue weighted by atomic mass is 9.98. The molecule has 2 rings (SSSR count). The summed E-state index contributed by atoms with van der Waals surface area (Å²) in [5.41, 5.74) is 2.79. The molecule has 2 aromatic carbocycles. The molecule has 0 fully saturated rings. The molecule has 106 valence electrons. The van der Waals surface area contributed by atoms with Crippen LogP contribution in [0.25, 0.3) is 0 Å². The predicted octanol–water partition coefficient (Wildman–Crippen LogP) is 5.14. The summed E-state index contributed by atoms with van der Waals surface area (Å²) in [4.78, 5) is 0. The van der Waals surface area contributed by atoms with Crippen LogP contribution in [0.2, 0.25) is 0 Å². The topological polar surface area (TPSA) is 12.0 Å². The standard InChI is InChI=1S/C18H22IN/c1-14(16-6-4-3-5-7-16)12-13-20-15(2)17-8-10-18(19)11-9-17/h3-11,14-15,20H,12-13H2,1-2H3. The van der Waals surface area contributed by atoms with Gasteiger partial charge < -0.3 is 5.32 Å². The summed E-state index contributed by atoms with van der Waals surface area (Å²) in [5.74, 6) is 0.604. The second-order valence-corrected chi connectivity index (χ2v) is 6.57. The van der Waals surface area contributed by atoms with Crippen molar-refractivity contribution < 1.29 is 0 Å². The lowest BCUT2D eigenvalue weighted by Crippen LogP contribution is -2.21. The van der Waals surface area contributed by atoms with Crippen molar-refractivity contribution in [3.05, 3.63) is 69.3 Å². The number of halogens is 1. The maximum atomic E-state index is 3.62. The van der Waals surface area contributed by atoms with Gasteiger partial charge in [0.15, 0.2) is 0 Å². The Morgan fingerprint density at radius 1 is 0.900 bits per heavy atom. The third-order valence-corrected chi connectivity index (χ3v) is 4.49. The van der Waals surface area contributed by atoms with Crippen LogP contribution in [0.1, 0.15) is 43.4 Å². The number of hydrogen-bond acceptors (Lipinski definition) is 1. The summed E-state index contributed by atoms with van der Waals surface area (Å²) >= 11 is 2.34. The molecule has 0 bridgehead atoms. The maximum Gasteiger partial charge on any atom is 0.0291 e. The van der Waals surface area contributed by atoms with E-state index in [2.05, 4.69) is 96.4 Å². The van der Waals surface area contributed by atoms with Crippen LogP contribution < -0.4 is 5.32 Å². The molecule has 0 spiro atoms. The maximum absolute atomic E-state index is 3.62. The molecule has 0 aliphatic heterocycles. The molecule has 1 N–H and O–H groups in total. The van der Waals surface area contributed by atoms with E-state index in [0.717, 1.165) is 6.54 Å². The normalized spacial score (nSPS) is 13.9. The molecule has 0 saturated heterocycles. The van der Waals surface area contributed by atoms with E-state index in [1.54, 1.807) is 0 Å². The van der Waals surface area contributed by atoms with Gasteiger partial charge in [-0.1, -0.05) is 49.4 Å². The first-order valence-corrected chi connectivity index (χ1v) is 8.28. The van der Waals surface area contributed by atoms with E-state index in [1.807, 2.05) is 0 Å². The molecular formula is C18H22IN. The minimum absolute atomic E-state index is 0.412. The van der Waals surface area contributed by atoms with Gasteiger partial charge in [-0.3, -0.25) is 0 Å². The average Bonchev–Trinajstić information content (AvgIpc) is 2.48. The predicted molar refractivity (Wildman–Crippen MR) is 95.1 cm³/mol. The second kappa shape index (κ2) is 7.79. The van der Waals surface area contributed by atoms with Crippen molar-refractivity contribution in [3.63, 3.8) is 0 Å². The highest BCUT2D eigenvalue weighted by Crippen LogP contribution is 2.19. The molecule has 2 heteroatoms. The lowest BCUT2D eigenvalue weighted by Gasteiger charge is -2.17. The van der Waals surface area contributed by atoms with Gasteiger partial charge in [-0.05, 0) is 71.7 Å². The first-order valence-electron chi connectivity index (χ1n) is 7.20. The minimum atomic E-state index is 0.412. The van der Waals surface area contributed by atoms with Gasteiger partial charge in [0.2, 0.25) is 0 Å². The third-order valence-electron chi connectivity index (χ3n) is 3.77. The monoisotopic (exact) mass is 379 g/mol. The summed E-state index contributed by atoms with van der Waals surface area (Å²) < 4.78 is 1.29. The molecular weight excluding hydrogens is 357 g/mol. The summed E-state index contributed by atoms with van der Waals surface area (Å²) in [7, 11) is 0. The van der Waals surface area contributed by atoms with E-state index in [0.29, 0.717) is 12.0 Å². The van der Waals surface area contributed by atoms with Crippen molar-refractivity contribution in [2.24, 2.45) is 0 Å². The fraction of sp³-hybridized carbons (Fsp3) is 0.333. The molecule has 0 amide bonds. The van der Waals surface area contributed by atoms with Gasteiger partial charge in [0, 0.05) is 9.61 Å². The van der Waals surface area contributed by atoms with Gasteiger partial charge in [0.05, 0.1) is 0 Å². The van der Waals surface area contributed by atoms with E-state index in [-0.39, 0.29) is 0 Å². The van der Waals surface area contributed by atoms with Crippen LogP contribution in [0.3, 0.4) is 0 Å². The van der Waals surface area contributed by atoms with Crippen molar-refractivity contribution in [1.29, 1.82) is 0 Å². The first-order chi connectivity index (χ1) is 9.66. The van der Waals surface area contributed by atoms with E-state index in [4.69, 9.17) is 0 Å². The van der Waals surface area contributed by atoms with E-state index < -0.39 is 0 Å². The van der Waals surface area contributed by atoms with Crippen LogP contribution in [-0.2, 0) is 0 Å². The molecule has 0 heterocycles. The number of nitrogens with one attached hydrogen (secondary N) is 1. The Kier molecular flexibility index (Phi) is 6.05. The number of benzene rings is 2. The minimum Gasteiger partial charge on any atom is -0.310 e. The van der Waals surface area contributed by atoms with Gasteiger partial charge >= 0.3 is 0 Å². The summed E-state index contributed by atoms with van der Waals surface area (Å²) in [5, 5.41) is 3.62.